The summed E-state index contributed by atoms with van der Waals surface area (Å²) in [5, 5.41) is 17.0. The van der Waals surface area contributed by atoms with Gasteiger partial charge in [0, 0.05) is 49.8 Å². The molecule has 0 unspecified atom stereocenters. The van der Waals surface area contributed by atoms with Gasteiger partial charge in [0.1, 0.15) is 5.75 Å². The van der Waals surface area contributed by atoms with E-state index >= 15 is 0 Å². The van der Waals surface area contributed by atoms with Crippen molar-refractivity contribution in [3.63, 3.8) is 0 Å². The van der Waals surface area contributed by atoms with E-state index in [4.69, 9.17) is 4.74 Å². The molecule has 0 N–H and O–H groups in total. The number of methoxy groups -OCH3 is 1. The highest BCUT2D eigenvalue weighted by Gasteiger charge is 2.21. The van der Waals surface area contributed by atoms with Crippen LogP contribution in [0, 0.1) is 18.3 Å². The monoisotopic (exact) mass is 642 g/mol. The second-order valence-corrected chi connectivity index (χ2v) is 12.9. The van der Waals surface area contributed by atoms with Crippen LogP contribution in [0.25, 0.3) is 82.5 Å². The van der Waals surface area contributed by atoms with Crippen LogP contribution in [0.2, 0.25) is 0 Å². The molecular formula is C45H30N4O. The molecule has 5 nitrogen and oxygen atoms in total. The Bertz CT molecular complexity index is 2780. The molecule has 7 aromatic carbocycles. The van der Waals surface area contributed by atoms with Crippen molar-refractivity contribution in [1.29, 1.82) is 5.26 Å². The zero-order valence-corrected chi connectivity index (χ0v) is 27.6. The van der Waals surface area contributed by atoms with E-state index in [1.165, 1.54) is 43.6 Å². The van der Waals surface area contributed by atoms with Crippen LogP contribution in [0.1, 0.15) is 11.1 Å². The summed E-state index contributed by atoms with van der Waals surface area (Å²) in [6.45, 7) is 2.05. The van der Waals surface area contributed by atoms with Gasteiger partial charge in [-0.2, -0.15) is 5.26 Å². The number of aromatic nitrogens is 3. The van der Waals surface area contributed by atoms with Gasteiger partial charge in [-0.3, -0.25) is 0 Å². The lowest BCUT2D eigenvalue weighted by Gasteiger charge is -2.16. The normalized spacial score (nSPS) is 11.8. The van der Waals surface area contributed by atoms with E-state index in [0.717, 1.165) is 44.4 Å². The van der Waals surface area contributed by atoms with E-state index in [1.54, 1.807) is 7.11 Å². The van der Waals surface area contributed by atoms with Crippen LogP contribution in [0.4, 0.5) is 0 Å². The average Bonchev–Trinajstić information content (AvgIpc) is 3.79. The van der Waals surface area contributed by atoms with Gasteiger partial charge in [-0.15, -0.1) is 0 Å². The van der Waals surface area contributed by atoms with E-state index in [2.05, 4.69) is 160 Å². The van der Waals surface area contributed by atoms with Gasteiger partial charge in [0.15, 0.2) is 0 Å². The fourth-order valence-electron chi connectivity index (χ4n) is 8.17. The Morgan fingerprint density at radius 2 is 0.860 bits per heavy atom. The highest BCUT2D eigenvalue weighted by molar-refractivity contribution is 6.14. The Morgan fingerprint density at radius 3 is 1.26 bits per heavy atom. The van der Waals surface area contributed by atoms with E-state index in [0.29, 0.717) is 11.3 Å². The second kappa shape index (κ2) is 10.6. The van der Waals surface area contributed by atoms with E-state index in [-0.39, 0.29) is 0 Å². The smallest absolute Gasteiger partial charge is 0.144 e. The Labute approximate surface area is 288 Å². The number of nitriles is 1. The zero-order valence-electron chi connectivity index (χ0n) is 27.6. The molecule has 0 aliphatic heterocycles. The summed E-state index contributed by atoms with van der Waals surface area (Å²) in [5.41, 5.74) is 11.5. The molecule has 0 fully saturated rings. The number of rotatable bonds is 4. The van der Waals surface area contributed by atoms with Gasteiger partial charge in [-0.1, -0.05) is 72.8 Å². The van der Waals surface area contributed by atoms with Crippen molar-refractivity contribution in [3.8, 4) is 28.9 Å². The van der Waals surface area contributed by atoms with Crippen molar-refractivity contribution in [3.05, 3.63) is 157 Å². The molecule has 0 amide bonds. The minimum atomic E-state index is 0.575. The molecule has 0 spiro atoms. The first kappa shape index (κ1) is 28.3. The fourth-order valence-corrected chi connectivity index (χ4v) is 8.17. The van der Waals surface area contributed by atoms with Gasteiger partial charge in [0.05, 0.1) is 57.5 Å². The van der Waals surface area contributed by atoms with Crippen LogP contribution in [0.15, 0.2) is 146 Å². The predicted octanol–water partition coefficient (Wildman–Crippen LogP) is 11.2. The molecule has 10 aromatic rings. The van der Waals surface area contributed by atoms with Gasteiger partial charge in [0.2, 0.25) is 0 Å². The maximum atomic E-state index is 9.77. The SMILES string of the molecule is COc1cc(C#N)cc(C)c1-n1c2ccc(-n3c4ccccc4c4ccccc43)cc2c2cc(-n3c4ccccc4c4ccccc43)ccc21. The molecule has 0 aliphatic rings. The largest absolute Gasteiger partial charge is 0.495 e. The highest BCUT2D eigenvalue weighted by Crippen LogP contribution is 2.41. The summed E-state index contributed by atoms with van der Waals surface area (Å²) < 4.78 is 13.0. The average molecular weight is 643 g/mol. The van der Waals surface area contributed by atoms with Crippen LogP contribution in [0.3, 0.4) is 0 Å². The van der Waals surface area contributed by atoms with Gasteiger partial charge in [0.25, 0.3) is 0 Å². The number of para-hydroxylation sites is 4. The quantitative estimate of drug-likeness (QED) is 0.192. The number of benzene rings is 7. The molecule has 236 valence electrons. The van der Waals surface area contributed by atoms with Gasteiger partial charge in [-0.05, 0) is 79.2 Å². The molecule has 0 saturated heterocycles. The molecule has 0 radical (unpaired) electrons. The Hall–Kier alpha value is -6.77. The van der Waals surface area contributed by atoms with E-state index in [9.17, 15) is 5.26 Å². The minimum absolute atomic E-state index is 0.575. The Balaban J connectivity index is 1.33. The minimum Gasteiger partial charge on any atom is -0.495 e. The van der Waals surface area contributed by atoms with Crippen molar-refractivity contribution in [1.82, 2.24) is 13.7 Å². The van der Waals surface area contributed by atoms with Crippen LogP contribution in [0.5, 0.6) is 5.75 Å². The number of aryl methyl sites for hydroxylation is 1. The first-order valence-corrected chi connectivity index (χ1v) is 16.8. The lowest BCUT2D eigenvalue weighted by atomic mass is 10.1. The molecule has 10 rings (SSSR count). The van der Waals surface area contributed by atoms with Gasteiger partial charge < -0.3 is 18.4 Å². The maximum absolute atomic E-state index is 9.77. The van der Waals surface area contributed by atoms with Crippen molar-refractivity contribution in [2.45, 2.75) is 6.92 Å². The van der Waals surface area contributed by atoms with Crippen LogP contribution >= 0.6 is 0 Å². The lowest BCUT2D eigenvalue weighted by molar-refractivity contribution is 0.413. The molecule has 0 aliphatic carbocycles. The first-order valence-electron chi connectivity index (χ1n) is 16.8. The van der Waals surface area contributed by atoms with Crippen molar-refractivity contribution in [2.24, 2.45) is 0 Å². The summed E-state index contributed by atoms with van der Waals surface area (Å²) in [4.78, 5) is 0. The maximum Gasteiger partial charge on any atom is 0.144 e. The standard InChI is InChI=1S/C45H30N4O/c1-28-23-29(27-46)24-44(50-2)45(28)49-42-21-19-30(47-38-15-7-3-11-32(38)33-12-4-8-16-39(33)47)25-36(42)37-26-31(20-22-43(37)49)48-40-17-9-5-13-34(40)35-14-6-10-18-41(35)48/h3-26H,1-2H3. The number of hydrogen-bond acceptors (Lipinski definition) is 2. The molecule has 3 heterocycles. The van der Waals surface area contributed by atoms with Crippen LogP contribution in [-0.4, -0.2) is 20.8 Å². The van der Waals surface area contributed by atoms with Crippen molar-refractivity contribution in [2.75, 3.05) is 7.11 Å². The number of fused-ring (bicyclic) bond motifs is 9. The van der Waals surface area contributed by atoms with Gasteiger partial charge >= 0.3 is 0 Å². The molecule has 0 atom stereocenters. The fraction of sp³-hybridized carbons (Fsp3) is 0.0444. The highest BCUT2D eigenvalue weighted by atomic mass is 16.5. The number of nitrogens with zero attached hydrogens (tertiary/aromatic N) is 4. The predicted molar refractivity (Wildman–Crippen MR) is 205 cm³/mol. The topological polar surface area (TPSA) is 47.8 Å². The summed E-state index contributed by atoms with van der Waals surface area (Å²) in [6, 6.07) is 54.1. The molecule has 0 saturated carbocycles. The van der Waals surface area contributed by atoms with E-state index in [1.807, 2.05) is 12.1 Å². The third kappa shape index (κ3) is 3.87. The first-order chi connectivity index (χ1) is 24.6. The van der Waals surface area contributed by atoms with Crippen molar-refractivity contribution >= 4 is 65.4 Å². The summed E-state index contributed by atoms with van der Waals surface area (Å²) in [6.07, 6.45) is 0. The summed E-state index contributed by atoms with van der Waals surface area (Å²) in [7, 11) is 1.67. The molecule has 50 heavy (non-hydrogen) atoms. The lowest BCUT2D eigenvalue weighted by Crippen LogP contribution is -2.02. The molecule has 5 heteroatoms. The molecule has 3 aromatic heterocycles. The summed E-state index contributed by atoms with van der Waals surface area (Å²) in [5.74, 6) is 0.665. The molecular weight excluding hydrogens is 613 g/mol. The van der Waals surface area contributed by atoms with Crippen molar-refractivity contribution < 1.29 is 4.74 Å². The summed E-state index contributed by atoms with van der Waals surface area (Å²) >= 11 is 0. The second-order valence-electron chi connectivity index (χ2n) is 12.9. The van der Waals surface area contributed by atoms with Gasteiger partial charge in [-0.25, -0.2) is 0 Å². The number of ether oxygens (including phenoxy) is 1. The third-order valence-electron chi connectivity index (χ3n) is 10.2. The third-order valence-corrected chi connectivity index (χ3v) is 10.2. The Morgan fingerprint density at radius 1 is 0.460 bits per heavy atom. The Kier molecular flexibility index (Phi) is 6.00. The van der Waals surface area contributed by atoms with E-state index < -0.39 is 0 Å². The number of hydrogen-bond donors (Lipinski definition) is 0. The van der Waals surface area contributed by atoms with Crippen LogP contribution < -0.4 is 4.74 Å². The molecule has 0 bridgehead atoms. The van der Waals surface area contributed by atoms with Crippen LogP contribution in [-0.2, 0) is 0 Å². The zero-order chi connectivity index (χ0) is 33.5.